The summed E-state index contributed by atoms with van der Waals surface area (Å²) in [5.41, 5.74) is 3.08. The fraction of sp³-hybridized carbons (Fsp3) is 0.278. The molecule has 0 unspecified atom stereocenters. The van der Waals surface area contributed by atoms with Crippen LogP contribution in [0.2, 0.25) is 0 Å². The molecule has 126 valence electrons. The van der Waals surface area contributed by atoms with E-state index in [1.807, 2.05) is 32.0 Å². The van der Waals surface area contributed by atoms with Crippen molar-refractivity contribution in [3.05, 3.63) is 52.8 Å². The summed E-state index contributed by atoms with van der Waals surface area (Å²) < 4.78 is 5.15. The van der Waals surface area contributed by atoms with Crippen molar-refractivity contribution in [2.24, 2.45) is 0 Å². The SMILES string of the molecule is CC(=O)c1c[nH]c(C(=O)O[C@@H](C)C(=O)Nc2c(C)cccc2C)c1. The highest BCUT2D eigenvalue weighted by Gasteiger charge is 2.21. The van der Waals surface area contributed by atoms with Crippen LogP contribution in [-0.2, 0) is 9.53 Å². The number of Topliss-reactive ketones (excluding diaryl/α,β-unsaturated/α-hetero) is 1. The van der Waals surface area contributed by atoms with E-state index in [1.165, 1.54) is 26.1 Å². The molecule has 2 aromatic rings. The molecule has 0 aliphatic carbocycles. The van der Waals surface area contributed by atoms with Gasteiger partial charge in [-0.3, -0.25) is 9.59 Å². The summed E-state index contributed by atoms with van der Waals surface area (Å²) in [7, 11) is 0. The van der Waals surface area contributed by atoms with Gasteiger partial charge in [0, 0.05) is 17.4 Å². The predicted molar refractivity (Wildman–Crippen MR) is 90.2 cm³/mol. The monoisotopic (exact) mass is 328 g/mol. The molecule has 6 nitrogen and oxygen atoms in total. The van der Waals surface area contributed by atoms with Crippen molar-refractivity contribution >= 4 is 23.3 Å². The lowest BCUT2D eigenvalue weighted by Crippen LogP contribution is -2.30. The standard InChI is InChI=1S/C18H20N2O4/c1-10-6-5-7-11(2)16(10)20-17(22)13(4)24-18(23)15-8-14(9-19-15)12(3)21/h5-9,13,19H,1-4H3,(H,20,22)/t13-/m0/s1. The number of amides is 1. The maximum absolute atomic E-state index is 12.2. The molecule has 0 saturated heterocycles. The van der Waals surface area contributed by atoms with E-state index in [0.29, 0.717) is 11.3 Å². The lowest BCUT2D eigenvalue weighted by atomic mass is 10.1. The number of hydrogen-bond acceptors (Lipinski definition) is 4. The van der Waals surface area contributed by atoms with Crippen LogP contribution >= 0.6 is 0 Å². The summed E-state index contributed by atoms with van der Waals surface area (Å²) in [6, 6.07) is 7.09. The molecular formula is C18H20N2O4. The zero-order chi connectivity index (χ0) is 17.9. The second-order valence-corrected chi connectivity index (χ2v) is 5.66. The van der Waals surface area contributed by atoms with Crippen molar-refractivity contribution in [1.29, 1.82) is 0 Å². The summed E-state index contributed by atoms with van der Waals surface area (Å²) in [4.78, 5) is 38.2. The van der Waals surface area contributed by atoms with Crippen molar-refractivity contribution in [3.8, 4) is 0 Å². The van der Waals surface area contributed by atoms with Gasteiger partial charge in [-0.25, -0.2) is 4.79 Å². The first kappa shape index (κ1) is 17.5. The van der Waals surface area contributed by atoms with Crippen LogP contribution in [0, 0.1) is 13.8 Å². The zero-order valence-electron chi connectivity index (χ0n) is 14.1. The van der Waals surface area contributed by atoms with Gasteiger partial charge < -0.3 is 15.0 Å². The Hall–Kier alpha value is -2.89. The van der Waals surface area contributed by atoms with Gasteiger partial charge in [0.2, 0.25) is 0 Å². The first-order chi connectivity index (χ1) is 11.3. The molecule has 0 saturated carbocycles. The van der Waals surface area contributed by atoms with Gasteiger partial charge in [-0.2, -0.15) is 0 Å². The summed E-state index contributed by atoms with van der Waals surface area (Å²) in [6.45, 7) is 6.68. The van der Waals surface area contributed by atoms with E-state index in [2.05, 4.69) is 10.3 Å². The van der Waals surface area contributed by atoms with Gasteiger partial charge in [-0.1, -0.05) is 18.2 Å². The number of carbonyl (C=O) groups excluding carboxylic acids is 3. The van der Waals surface area contributed by atoms with Crippen molar-refractivity contribution in [3.63, 3.8) is 0 Å². The molecule has 6 heteroatoms. The minimum Gasteiger partial charge on any atom is -0.448 e. The second kappa shape index (κ2) is 7.12. The van der Waals surface area contributed by atoms with Crippen molar-refractivity contribution in [2.75, 3.05) is 5.32 Å². The van der Waals surface area contributed by atoms with E-state index < -0.39 is 18.0 Å². The molecule has 0 aliphatic heterocycles. The number of aromatic amines is 1. The van der Waals surface area contributed by atoms with Gasteiger partial charge in [0.1, 0.15) is 5.69 Å². The van der Waals surface area contributed by atoms with Crippen LogP contribution < -0.4 is 5.32 Å². The van der Waals surface area contributed by atoms with Gasteiger partial charge in [-0.15, -0.1) is 0 Å². The van der Waals surface area contributed by atoms with Crippen LogP contribution in [-0.4, -0.2) is 28.7 Å². The molecule has 0 radical (unpaired) electrons. The second-order valence-electron chi connectivity index (χ2n) is 5.66. The number of ether oxygens (including phenoxy) is 1. The largest absolute Gasteiger partial charge is 0.448 e. The number of ketones is 1. The third-order valence-corrected chi connectivity index (χ3v) is 3.69. The van der Waals surface area contributed by atoms with Gasteiger partial charge in [0.05, 0.1) is 0 Å². The molecule has 0 spiro atoms. The Bertz CT molecular complexity index is 772. The number of H-pyrrole nitrogens is 1. The highest BCUT2D eigenvalue weighted by molar-refractivity contribution is 5.99. The number of benzene rings is 1. The van der Waals surface area contributed by atoms with Crippen LogP contribution in [0.15, 0.2) is 30.5 Å². The van der Waals surface area contributed by atoms with Gasteiger partial charge in [-0.05, 0) is 44.9 Å². The number of aryl methyl sites for hydroxylation is 2. The minimum atomic E-state index is -0.972. The smallest absolute Gasteiger partial charge is 0.355 e. The van der Waals surface area contributed by atoms with Crippen LogP contribution in [0.3, 0.4) is 0 Å². The molecular weight excluding hydrogens is 308 g/mol. The van der Waals surface area contributed by atoms with E-state index in [0.717, 1.165) is 11.1 Å². The third kappa shape index (κ3) is 3.90. The first-order valence-corrected chi connectivity index (χ1v) is 7.57. The topological polar surface area (TPSA) is 88.3 Å². The molecule has 1 atom stereocenters. The van der Waals surface area contributed by atoms with E-state index >= 15 is 0 Å². The predicted octanol–water partition coefficient (Wildman–Crippen LogP) is 3.02. The Balaban J connectivity index is 2.03. The van der Waals surface area contributed by atoms with E-state index in [-0.39, 0.29) is 11.5 Å². The van der Waals surface area contributed by atoms with E-state index in [4.69, 9.17) is 4.74 Å². The zero-order valence-corrected chi connectivity index (χ0v) is 14.1. The van der Waals surface area contributed by atoms with Crippen molar-refractivity contribution in [2.45, 2.75) is 33.8 Å². The maximum atomic E-state index is 12.2. The fourth-order valence-corrected chi connectivity index (χ4v) is 2.23. The molecule has 24 heavy (non-hydrogen) atoms. The Kier molecular flexibility index (Phi) is 5.18. The third-order valence-electron chi connectivity index (χ3n) is 3.69. The highest BCUT2D eigenvalue weighted by atomic mass is 16.5. The molecule has 2 rings (SSSR count). The number of aromatic nitrogens is 1. The quantitative estimate of drug-likeness (QED) is 0.652. The lowest BCUT2D eigenvalue weighted by Gasteiger charge is -2.15. The number of carbonyl (C=O) groups is 3. The summed E-state index contributed by atoms with van der Waals surface area (Å²) in [5, 5.41) is 2.78. The molecule has 1 amide bonds. The molecule has 2 N–H and O–H groups in total. The number of nitrogens with one attached hydrogen (secondary N) is 2. The number of hydrogen-bond donors (Lipinski definition) is 2. The Morgan fingerprint density at radius 2 is 1.79 bits per heavy atom. The molecule has 0 bridgehead atoms. The van der Waals surface area contributed by atoms with Crippen molar-refractivity contribution < 1.29 is 19.1 Å². The summed E-state index contributed by atoms with van der Waals surface area (Å²) in [6.07, 6.45) is 0.459. The summed E-state index contributed by atoms with van der Waals surface area (Å²) >= 11 is 0. The Morgan fingerprint density at radius 3 is 2.33 bits per heavy atom. The van der Waals surface area contributed by atoms with Gasteiger partial charge in [0.25, 0.3) is 5.91 Å². The van der Waals surface area contributed by atoms with Crippen LogP contribution in [0.25, 0.3) is 0 Å². The lowest BCUT2D eigenvalue weighted by molar-refractivity contribution is -0.123. The summed E-state index contributed by atoms with van der Waals surface area (Å²) in [5.74, 6) is -1.27. The number of anilines is 1. The molecule has 1 aromatic heterocycles. The minimum absolute atomic E-state index is 0.131. The van der Waals surface area contributed by atoms with Crippen LogP contribution in [0.1, 0.15) is 45.8 Å². The Morgan fingerprint density at radius 1 is 1.17 bits per heavy atom. The molecule has 1 heterocycles. The first-order valence-electron chi connectivity index (χ1n) is 7.57. The van der Waals surface area contributed by atoms with Crippen LogP contribution in [0.4, 0.5) is 5.69 Å². The molecule has 0 aliphatic rings. The average molecular weight is 328 g/mol. The van der Waals surface area contributed by atoms with Crippen molar-refractivity contribution in [1.82, 2.24) is 4.98 Å². The Labute approximate surface area is 140 Å². The highest BCUT2D eigenvalue weighted by Crippen LogP contribution is 2.20. The van der Waals surface area contributed by atoms with Crippen LogP contribution in [0.5, 0.6) is 0 Å². The maximum Gasteiger partial charge on any atom is 0.355 e. The number of rotatable bonds is 5. The molecule has 1 aromatic carbocycles. The van der Waals surface area contributed by atoms with Gasteiger partial charge in [0.15, 0.2) is 11.9 Å². The van der Waals surface area contributed by atoms with Gasteiger partial charge >= 0.3 is 5.97 Å². The number of para-hydroxylation sites is 1. The van der Waals surface area contributed by atoms with E-state index in [1.54, 1.807) is 0 Å². The molecule has 0 fully saturated rings. The van der Waals surface area contributed by atoms with E-state index in [9.17, 15) is 14.4 Å². The number of esters is 1. The fourth-order valence-electron chi connectivity index (χ4n) is 2.23. The normalized spacial score (nSPS) is 11.7. The average Bonchev–Trinajstić information content (AvgIpc) is 3.01.